The third kappa shape index (κ3) is 4.05. The van der Waals surface area contributed by atoms with Gasteiger partial charge in [0.25, 0.3) is 5.91 Å². The van der Waals surface area contributed by atoms with Gasteiger partial charge >= 0.3 is 0 Å². The van der Waals surface area contributed by atoms with Gasteiger partial charge in [-0.25, -0.2) is 4.39 Å². The molecule has 2 aromatic rings. The fraction of sp³-hybridized carbons (Fsp3) is 0.235. The van der Waals surface area contributed by atoms with Gasteiger partial charge in [-0.3, -0.25) is 4.79 Å². The second-order valence-corrected chi connectivity index (χ2v) is 4.92. The number of carbonyl (C=O) groups is 1. The molecule has 0 saturated carbocycles. The van der Waals surface area contributed by atoms with Gasteiger partial charge in [0, 0.05) is 23.5 Å². The van der Waals surface area contributed by atoms with Gasteiger partial charge in [0.05, 0.1) is 0 Å². The number of carbonyl (C=O) groups excluding carboxylic acids is 1. The number of amides is 1. The predicted molar refractivity (Wildman–Crippen MR) is 84.3 cm³/mol. The normalized spacial score (nSPS) is 10.2. The van der Waals surface area contributed by atoms with Gasteiger partial charge in [0.15, 0.2) is 0 Å². The van der Waals surface area contributed by atoms with Gasteiger partial charge in [-0.05, 0) is 55.3 Å². The van der Waals surface area contributed by atoms with Crippen LogP contribution in [-0.2, 0) is 0 Å². The largest absolute Gasteiger partial charge is 0.385 e. The van der Waals surface area contributed by atoms with E-state index in [-0.39, 0.29) is 11.7 Å². The van der Waals surface area contributed by atoms with Crippen molar-refractivity contribution in [1.29, 1.82) is 0 Å². The highest BCUT2D eigenvalue weighted by atomic mass is 19.1. The number of anilines is 2. The summed E-state index contributed by atoms with van der Waals surface area (Å²) < 4.78 is 13.2. The number of nitrogens with one attached hydrogen (secondary N) is 2. The van der Waals surface area contributed by atoms with Crippen LogP contribution in [-0.4, -0.2) is 12.5 Å². The van der Waals surface area contributed by atoms with Crippen LogP contribution in [0.15, 0.2) is 42.5 Å². The van der Waals surface area contributed by atoms with E-state index in [9.17, 15) is 9.18 Å². The minimum Gasteiger partial charge on any atom is -0.385 e. The monoisotopic (exact) mass is 286 g/mol. The van der Waals surface area contributed by atoms with E-state index in [1.165, 1.54) is 12.1 Å². The lowest BCUT2D eigenvalue weighted by Gasteiger charge is -2.09. The molecule has 0 aliphatic rings. The van der Waals surface area contributed by atoms with Crippen LogP contribution in [0.4, 0.5) is 15.8 Å². The number of rotatable bonds is 5. The molecular weight excluding hydrogens is 267 g/mol. The van der Waals surface area contributed by atoms with Gasteiger partial charge in [0.2, 0.25) is 0 Å². The van der Waals surface area contributed by atoms with E-state index < -0.39 is 0 Å². The third-order valence-electron chi connectivity index (χ3n) is 3.17. The maximum absolute atomic E-state index is 13.2. The van der Waals surface area contributed by atoms with Crippen molar-refractivity contribution >= 4 is 17.3 Å². The highest BCUT2D eigenvalue weighted by Crippen LogP contribution is 2.17. The Labute approximate surface area is 124 Å². The number of benzene rings is 2. The summed E-state index contributed by atoms with van der Waals surface area (Å²) >= 11 is 0. The fourth-order valence-electron chi connectivity index (χ4n) is 1.93. The molecule has 2 aromatic carbocycles. The molecule has 0 radical (unpaired) electrons. The Balaban J connectivity index is 2.07. The standard InChI is InChI=1S/C17H19FN2O/c1-3-10-19-15-8-5-13(6-9-15)17(21)20-16-11-14(18)7-4-12(16)2/h4-9,11,19H,3,10H2,1-2H3,(H,20,21). The molecule has 2 rings (SSSR count). The van der Waals surface area contributed by atoms with E-state index in [1.807, 2.05) is 19.1 Å². The Morgan fingerprint density at radius 1 is 1.14 bits per heavy atom. The van der Waals surface area contributed by atoms with Gasteiger partial charge in [-0.2, -0.15) is 0 Å². The second kappa shape index (κ2) is 6.88. The summed E-state index contributed by atoms with van der Waals surface area (Å²) in [5, 5.41) is 5.98. The van der Waals surface area contributed by atoms with Gasteiger partial charge < -0.3 is 10.6 Å². The Kier molecular flexibility index (Phi) is 4.93. The van der Waals surface area contributed by atoms with E-state index in [2.05, 4.69) is 17.6 Å². The molecule has 0 aromatic heterocycles. The van der Waals surface area contributed by atoms with Crippen molar-refractivity contribution in [3.63, 3.8) is 0 Å². The van der Waals surface area contributed by atoms with Crippen LogP contribution >= 0.6 is 0 Å². The average Bonchev–Trinajstić information content (AvgIpc) is 2.49. The molecule has 0 fully saturated rings. The van der Waals surface area contributed by atoms with Crippen molar-refractivity contribution in [2.45, 2.75) is 20.3 Å². The molecule has 110 valence electrons. The molecule has 0 aliphatic heterocycles. The molecule has 0 saturated heterocycles. The predicted octanol–water partition coefficient (Wildman–Crippen LogP) is 4.21. The molecule has 4 heteroatoms. The van der Waals surface area contributed by atoms with Crippen molar-refractivity contribution in [2.24, 2.45) is 0 Å². The summed E-state index contributed by atoms with van der Waals surface area (Å²) in [5.41, 5.74) is 2.84. The highest BCUT2D eigenvalue weighted by molar-refractivity contribution is 6.04. The van der Waals surface area contributed by atoms with Crippen molar-refractivity contribution in [1.82, 2.24) is 0 Å². The van der Waals surface area contributed by atoms with E-state index in [1.54, 1.807) is 18.2 Å². The highest BCUT2D eigenvalue weighted by Gasteiger charge is 2.08. The van der Waals surface area contributed by atoms with Crippen molar-refractivity contribution in [2.75, 3.05) is 17.2 Å². The van der Waals surface area contributed by atoms with Crippen LogP contribution in [0.3, 0.4) is 0 Å². The molecule has 0 unspecified atom stereocenters. The number of halogens is 1. The number of hydrogen-bond donors (Lipinski definition) is 2. The lowest BCUT2D eigenvalue weighted by atomic mass is 10.1. The van der Waals surface area contributed by atoms with Crippen LogP contribution < -0.4 is 10.6 Å². The third-order valence-corrected chi connectivity index (χ3v) is 3.17. The lowest BCUT2D eigenvalue weighted by Crippen LogP contribution is -2.13. The van der Waals surface area contributed by atoms with Crippen molar-refractivity contribution in [3.8, 4) is 0 Å². The van der Waals surface area contributed by atoms with E-state index in [0.717, 1.165) is 24.2 Å². The zero-order valence-electron chi connectivity index (χ0n) is 12.2. The molecule has 0 atom stereocenters. The lowest BCUT2D eigenvalue weighted by molar-refractivity contribution is 0.102. The summed E-state index contributed by atoms with van der Waals surface area (Å²) in [5.74, 6) is -0.610. The molecular formula is C17H19FN2O. The molecule has 2 N–H and O–H groups in total. The molecule has 0 spiro atoms. The molecule has 21 heavy (non-hydrogen) atoms. The number of aryl methyl sites for hydroxylation is 1. The Morgan fingerprint density at radius 3 is 2.52 bits per heavy atom. The van der Waals surface area contributed by atoms with Gasteiger partial charge in [-0.15, -0.1) is 0 Å². The molecule has 3 nitrogen and oxygen atoms in total. The summed E-state index contributed by atoms with van der Waals surface area (Å²) in [6, 6.07) is 11.6. The molecule has 0 aliphatic carbocycles. The van der Waals surface area contributed by atoms with Crippen LogP contribution in [0.2, 0.25) is 0 Å². The smallest absolute Gasteiger partial charge is 0.255 e. The molecule has 0 heterocycles. The van der Waals surface area contributed by atoms with Crippen molar-refractivity contribution in [3.05, 3.63) is 59.4 Å². The minimum atomic E-state index is -0.366. The number of hydrogen-bond acceptors (Lipinski definition) is 2. The van der Waals surface area contributed by atoms with Gasteiger partial charge in [-0.1, -0.05) is 13.0 Å². The molecule has 0 bridgehead atoms. The minimum absolute atomic E-state index is 0.245. The quantitative estimate of drug-likeness (QED) is 0.864. The first-order chi connectivity index (χ1) is 10.1. The summed E-state index contributed by atoms with van der Waals surface area (Å²) in [7, 11) is 0. The average molecular weight is 286 g/mol. The topological polar surface area (TPSA) is 41.1 Å². The zero-order chi connectivity index (χ0) is 15.2. The van der Waals surface area contributed by atoms with Crippen LogP contribution in [0.25, 0.3) is 0 Å². The van der Waals surface area contributed by atoms with E-state index in [4.69, 9.17) is 0 Å². The van der Waals surface area contributed by atoms with Crippen LogP contribution in [0.5, 0.6) is 0 Å². The van der Waals surface area contributed by atoms with Crippen LogP contribution in [0, 0.1) is 12.7 Å². The zero-order valence-corrected chi connectivity index (χ0v) is 12.2. The first-order valence-electron chi connectivity index (χ1n) is 7.01. The first kappa shape index (κ1) is 15.0. The summed E-state index contributed by atoms with van der Waals surface area (Å²) in [6.07, 6.45) is 1.04. The first-order valence-corrected chi connectivity index (χ1v) is 7.01. The fourth-order valence-corrected chi connectivity index (χ4v) is 1.93. The second-order valence-electron chi connectivity index (χ2n) is 4.92. The van der Waals surface area contributed by atoms with Crippen molar-refractivity contribution < 1.29 is 9.18 Å². The van der Waals surface area contributed by atoms with Crippen LogP contribution in [0.1, 0.15) is 29.3 Å². The maximum atomic E-state index is 13.2. The summed E-state index contributed by atoms with van der Waals surface area (Å²) in [6.45, 7) is 4.82. The van der Waals surface area contributed by atoms with E-state index >= 15 is 0 Å². The van der Waals surface area contributed by atoms with Gasteiger partial charge in [0.1, 0.15) is 5.82 Å². The Morgan fingerprint density at radius 2 is 1.86 bits per heavy atom. The molecule has 1 amide bonds. The summed E-state index contributed by atoms with van der Waals surface area (Å²) in [4.78, 5) is 12.1. The van der Waals surface area contributed by atoms with E-state index in [0.29, 0.717) is 11.3 Å². The Hall–Kier alpha value is -2.36. The SMILES string of the molecule is CCCNc1ccc(C(=O)Nc2cc(F)ccc2C)cc1. The Bertz CT molecular complexity index is 623. The maximum Gasteiger partial charge on any atom is 0.255 e.